The molecule has 3 aliphatic rings. The maximum absolute atomic E-state index is 12.6. The van der Waals surface area contributed by atoms with Crippen LogP contribution in [-0.4, -0.2) is 95.1 Å². The van der Waals surface area contributed by atoms with E-state index in [0.29, 0.717) is 53.0 Å². The second-order valence-corrected chi connectivity index (χ2v) is 25.4. The molecular formula is C67H57N3O7P3Rh. The molecule has 12 rings (SSSR count). The van der Waals surface area contributed by atoms with E-state index < -0.39 is 23.8 Å². The molecule has 0 atom stereocenters. The molecule has 9 aromatic carbocycles. The van der Waals surface area contributed by atoms with Crippen LogP contribution in [0.1, 0.15) is 66.4 Å². The Bertz CT molecular complexity index is 3020. The molecule has 0 saturated carbocycles. The second-order valence-electron chi connectivity index (χ2n) is 18.4. The van der Waals surface area contributed by atoms with Crippen LogP contribution in [0.25, 0.3) is 0 Å². The number of fused-ring (bicyclic) bond motifs is 3. The van der Waals surface area contributed by atoms with Crippen LogP contribution in [0.3, 0.4) is 0 Å². The van der Waals surface area contributed by atoms with Gasteiger partial charge in [0.25, 0.3) is 42.2 Å². The van der Waals surface area contributed by atoms with E-state index >= 15 is 0 Å². The summed E-state index contributed by atoms with van der Waals surface area (Å²) in [6.45, 7) is 5.80. The number of carbonyl (C=O) groups is 6. The quantitative estimate of drug-likeness (QED) is 0.0568. The van der Waals surface area contributed by atoms with Gasteiger partial charge in [-0.15, -0.1) is 0 Å². The molecule has 2 radical (unpaired) electrons. The molecule has 10 nitrogen and oxygen atoms in total. The standard InChI is InChI=1S/3C22H18NO2P.CO.Rh.3H/c3*24-21-19-13-7-8-14-20(19)22(25)23(21)15-16-26(17-9-3-1-4-10-17)18-11-5-2-6-12-18;1-2;;;;/h3*1-14H,15-16H2;;;;;/q;;;;+3;3*-1. The summed E-state index contributed by atoms with van der Waals surface area (Å²) in [7, 11) is -1.88. The predicted octanol–water partition coefficient (Wildman–Crippen LogP) is 10.2. The van der Waals surface area contributed by atoms with Crippen LogP contribution in [0.2, 0.25) is 0 Å². The Balaban J connectivity index is 0.000000222. The van der Waals surface area contributed by atoms with Crippen LogP contribution in [0.15, 0.2) is 255 Å². The number of hydrogen-bond acceptors (Lipinski definition) is 7. The molecule has 0 aliphatic carbocycles. The predicted molar refractivity (Wildman–Crippen MR) is 326 cm³/mol. The number of benzene rings is 9. The van der Waals surface area contributed by atoms with E-state index in [2.05, 4.69) is 79.6 Å². The van der Waals surface area contributed by atoms with Gasteiger partial charge < -0.3 is 4.28 Å². The molecule has 3 heterocycles. The topological polar surface area (TPSA) is 129 Å². The summed E-state index contributed by atoms with van der Waals surface area (Å²) in [6, 6.07) is 83.2. The number of nitrogens with zero attached hydrogens (tertiary/aromatic N) is 3. The van der Waals surface area contributed by atoms with Crippen molar-refractivity contribution >= 4 is 97.8 Å². The van der Waals surface area contributed by atoms with Gasteiger partial charge in [-0.05, 0) is 110 Å². The van der Waals surface area contributed by atoms with Gasteiger partial charge in [0.05, 0.1) is 33.4 Å². The molecule has 0 fully saturated rings. The zero-order valence-corrected chi connectivity index (χ0v) is 48.2. The molecule has 0 saturated heterocycles. The summed E-state index contributed by atoms with van der Waals surface area (Å²) >= 11 is 0. The van der Waals surface area contributed by atoms with Gasteiger partial charge in [0.15, 0.2) is 0 Å². The Labute approximate surface area is 493 Å². The molecule has 0 spiro atoms. The fraction of sp³-hybridized carbons (Fsp3) is 0.0896. The first-order valence-electron chi connectivity index (χ1n) is 26.0. The second kappa shape index (κ2) is 28.9. The summed E-state index contributed by atoms with van der Waals surface area (Å²) in [5.41, 5.74) is 3.09. The van der Waals surface area contributed by atoms with E-state index in [1.165, 1.54) is 46.5 Å². The SMILES string of the molecule is O=C1c2ccccc2C(=O)N1CCP(c1ccccc1)c1ccccc1.O=C1c2ccccc2C(=O)N1CCP(c1ccccc1)c1ccccc1.O=C1c2ccccc2C(=O)N1CCP(c1ccccc1)c1ccccc1.[C]=O.[H-].[H-].[H-].[Rh+3]. The smallest absolute Gasteiger partial charge is 1.00 e. The van der Waals surface area contributed by atoms with E-state index in [1.54, 1.807) is 72.8 Å². The number of rotatable bonds is 15. The van der Waals surface area contributed by atoms with Gasteiger partial charge in [-0.25, -0.2) is 0 Å². The van der Waals surface area contributed by atoms with Gasteiger partial charge in [-0.3, -0.25) is 48.3 Å². The van der Waals surface area contributed by atoms with Crippen molar-refractivity contribution in [2.45, 2.75) is 0 Å². The summed E-state index contributed by atoms with van der Waals surface area (Å²) in [6.07, 6.45) is 2.28. The molecule has 406 valence electrons. The van der Waals surface area contributed by atoms with Crippen molar-refractivity contribution in [2.24, 2.45) is 0 Å². The zero-order chi connectivity index (χ0) is 55.8. The molecule has 81 heavy (non-hydrogen) atoms. The van der Waals surface area contributed by atoms with Crippen LogP contribution in [-0.2, 0) is 24.3 Å². The fourth-order valence-corrected chi connectivity index (χ4v) is 16.6. The van der Waals surface area contributed by atoms with Crippen LogP contribution in [0, 0.1) is 0 Å². The maximum Gasteiger partial charge on any atom is 3.00 e. The Morgan fingerprint density at radius 3 is 0.531 bits per heavy atom. The minimum Gasteiger partial charge on any atom is -1.00 e. The molecule has 0 unspecified atom stereocenters. The molecule has 0 bridgehead atoms. The molecule has 3 aliphatic heterocycles. The average molecular weight is 1210 g/mol. The van der Waals surface area contributed by atoms with Gasteiger partial charge in [0, 0.05) is 19.6 Å². The number of carbonyl (C=O) groups excluding carboxylic acids is 7. The first-order valence-corrected chi connectivity index (χ1v) is 30.5. The van der Waals surface area contributed by atoms with Crippen molar-refractivity contribution in [1.82, 2.24) is 14.7 Å². The first kappa shape index (κ1) is 59.1. The van der Waals surface area contributed by atoms with Crippen LogP contribution in [0.5, 0.6) is 0 Å². The van der Waals surface area contributed by atoms with Crippen molar-refractivity contribution in [3.05, 3.63) is 288 Å². The third-order valence-corrected chi connectivity index (χ3v) is 21.2. The van der Waals surface area contributed by atoms with E-state index in [0.717, 1.165) is 18.5 Å². The van der Waals surface area contributed by atoms with E-state index in [-0.39, 0.29) is 59.2 Å². The van der Waals surface area contributed by atoms with Gasteiger partial charge >= 0.3 is 19.5 Å². The molecule has 14 heteroatoms. The molecule has 0 aromatic heterocycles. The Morgan fingerprint density at radius 2 is 0.383 bits per heavy atom. The van der Waals surface area contributed by atoms with Crippen molar-refractivity contribution in [3.63, 3.8) is 0 Å². The Kier molecular flexibility index (Phi) is 21.1. The largest absolute Gasteiger partial charge is 3.00 e. The number of amides is 6. The monoisotopic (exact) mass is 1210 g/mol. The summed E-state index contributed by atoms with van der Waals surface area (Å²) in [4.78, 5) is 87.3. The minimum absolute atomic E-state index is 0. The number of hydrogen-bond donors (Lipinski definition) is 0. The minimum atomic E-state index is -0.627. The summed E-state index contributed by atoms with van der Waals surface area (Å²) in [5, 5.41) is 7.53. The van der Waals surface area contributed by atoms with E-state index in [4.69, 9.17) is 4.79 Å². The van der Waals surface area contributed by atoms with Crippen molar-refractivity contribution < 1.29 is 57.3 Å². The first-order chi connectivity index (χ1) is 39.3. The van der Waals surface area contributed by atoms with E-state index in [9.17, 15) is 28.8 Å². The van der Waals surface area contributed by atoms with Crippen LogP contribution < -0.4 is 31.8 Å². The van der Waals surface area contributed by atoms with Crippen molar-refractivity contribution in [3.8, 4) is 0 Å². The van der Waals surface area contributed by atoms with Gasteiger partial charge in [-0.2, -0.15) is 0 Å². The molecule has 0 N–H and O–H groups in total. The van der Waals surface area contributed by atoms with Gasteiger partial charge in [0.2, 0.25) is 0 Å². The van der Waals surface area contributed by atoms with Gasteiger partial charge in [-0.1, -0.05) is 218 Å². The third-order valence-electron chi connectivity index (χ3n) is 13.7. The van der Waals surface area contributed by atoms with Crippen LogP contribution >= 0.6 is 23.8 Å². The maximum atomic E-state index is 12.6. The van der Waals surface area contributed by atoms with Crippen molar-refractivity contribution in [1.29, 1.82) is 0 Å². The zero-order valence-electron chi connectivity index (χ0n) is 46.9. The Hall–Kier alpha value is -8.02. The average Bonchev–Trinajstić information content (AvgIpc) is 4.27. The Morgan fingerprint density at radius 1 is 0.247 bits per heavy atom. The van der Waals surface area contributed by atoms with Crippen molar-refractivity contribution in [2.75, 3.05) is 38.1 Å². The normalized spacial score (nSPS) is 12.9. The molecule has 9 aromatic rings. The third kappa shape index (κ3) is 13.8. The summed E-state index contributed by atoms with van der Waals surface area (Å²) in [5.74, 6) is -1.07. The fourth-order valence-electron chi connectivity index (χ4n) is 9.80. The molecule has 6 amide bonds. The van der Waals surface area contributed by atoms with E-state index in [1.807, 2.05) is 109 Å². The number of imide groups is 3. The van der Waals surface area contributed by atoms with Crippen LogP contribution in [0.4, 0.5) is 0 Å². The molecular weight excluding hydrogens is 1150 g/mol. The summed E-state index contributed by atoms with van der Waals surface area (Å²) < 4.78 is 0. The van der Waals surface area contributed by atoms with Gasteiger partial charge in [0.1, 0.15) is 0 Å².